The van der Waals surface area contributed by atoms with Crippen LogP contribution in [0, 0.1) is 0 Å². The Morgan fingerprint density at radius 2 is 1.87 bits per heavy atom. The lowest BCUT2D eigenvalue weighted by atomic mass is 9.90. The first-order valence-corrected chi connectivity index (χ1v) is 10.6. The smallest absolute Gasteiger partial charge is 0.113 e. The molecule has 0 amide bonds. The lowest BCUT2D eigenvalue weighted by molar-refractivity contribution is -0.231. The predicted molar refractivity (Wildman–Crippen MR) is 112 cm³/mol. The summed E-state index contributed by atoms with van der Waals surface area (Å²) in [6.07, 6.45) is -0.448. The minimum Gasteiger partial charge on any atom is -0.394 e. The molecule has 9 heteroatoms. The molecule has 5 atom stereocenters. The fraction of sp³-hybridized carbons (Fsp3) is 0.333. The van der Waals surface area contributed by atoms with E-state index < -0.39 is 37.1 Å². The summed E-state index contributed by atoms with van der Waals surface area (Å²) < 4.78 is 5.66. The average molecular weight is 449 g/mol. The van der Waals surface area contributed by atoms with Gasteiger partial charge in [-0.25, -0.2) is 0 Å². The molecule has 0 unspecified atom stereocenters. The van der Waals surface area contributed by atoms with Gasteiger partial charge in [0.1, 0.15) is 30.5 Å². The second-order valence-corrected chi connectivity index (χ2v) is 8.71. The van der Waals surface area contributed by atoms with Gasteiger partial charge in [0.15, 0.2) is 0 Å². The number of hydrogen-bond acceptors (Lipinski definition) is 8. The zero-order chi connectivity index (χ0) is 21.3. The molecule has 4 N–H and O–H groups in total. The number of rotatable bonds is 5. The maximum absolute atomic E-state index is 10.4. The maximum atomic E-state index is 10.4. The Hall–Kier alpha value is -1.91. The molecular weight excluding hydrogens is 428 g/mol. The Bertz CT molecular complexity index is 1000. The van der Waals surface area contributed by atoms with E-state index in [0.29, 0.717) is 17.0 Å². The van der Waals surface area contributed by atoms with Gasteiger partial charge in [0.2, 0.25) is 0 Å². The van der Waals surface area contributed by atoms with Crippen LogP contribution in [0.5, 0.6) is 0 Å². The van der Waals surface area contributed by atoms with Crippen molar-refractivity contribution in [3.63, 3.8) is 0 Å². The highest BCUT2D eigenvalue weighted by Gasteiger charge is 2.44. The third-order valence-corrected chi connectivity index (χ3v) is 6.61. The van der Waals surface area contributed by atoms with Crippen molar-refractivity contribution in [1.82, 2.24) is 9.97 Å². The molecule has 1 aliphatic heterocycles. The van der Waals surface area contributed by atoms with E-state index >= 15 is 0 Å². The van der Waals surface area contributed by atoms with Crippen LogP contribution in [0.1, 0.15) is 22.1 Å². The molecule has 7 nitrogen and oxygen atoms in total. The molecule has 4 rings (SSSR count). The first-order valence-electron chi connectivity index (χ1n) is 9.42. The van der Waals surface area contributed by atoms with Crippen LogP contribution in [-0.4, -0.2) is 61.4 Å². The van der Waals surface area contributed by atoms with Crippen molar-refractivity contribution >= 4 is 22.9 Å². The number of aliphatic hydroxyl groups excluding tert-OH is 4. The molecule has 3 aromatic rings. The average Bonchev–Trinajstić information content (AvgIpc) is 3.23. The van der Waals surface area contributed by atoms with E-state index in [9.17, 15) is 20.4 Å². The zero-order valence-electron chi connectivity index (χ0n) is 15.8. The van der Waals surface area contributed by atoms with Crippen LogP contribution in [0.2, 0.25) is 5.02 Å². The summed E-state index contributed by atoms with van der Waals surface area (Å²) >= 11 is 7.99. The van der Waals surface area contributed by atoms with Crippen molar-refractivity contribution in [3.8, 4) is 10.6 Å². The molecule has 30 heavy (non-hydrogen) atoms. The van der Waals surface area contributed by atoms with E-state index in [1.165, 1.54) is 0 Å². The molecule has 0 spiro atoms. The number of halogens is 1. The monoisotopic (exact) mass is 448 g/mol. The zero-order valence-corrected chi connectivity index (χ0v) is 17.4. The first-order chi connectivity index (χ1) is 14.5. The first kappa shape index (κ1) is 21.3. The highest BCUT2D eigenvalue weighted by molar-refractivity contribution is 7.15. The third kappa shape index (κ3) is 4.26. The van der Waals surface area contributed by atoms with E-state index in [1.807, 2.05) is 18.2 Å². The Morgan fingerprint density at radius 1 is 1.03 bits per heavy atom. The maximum Gasteiger partial charge on any atom is 0.113 e. The number of aliphatic hydroxyl groups is 4. The van der Waals surface area contributed by atoms with E-state index in [1.54, 1.807) is 42.1 Å². The van der Waals surface area contributed by atoms with Crippen LogP contribution >= 0.6 is 22.9 Å². The highest BCUT2D eigenvalue weighted by atomic mass is 35.5. The van der Waals surface area contributed by atoms with Crippen molar-refractivity contribution in [3.05, 3.63) is 69.9 Å². The number of aromatic nitrogens is 2. The summed E-state index contributed by atoms with van der Waals surface area (Å²) in [4.78, 5) is 10.5. The van der Waals surface area contributed by atoms with Gasteiger partial charge in [-0.1, -0.05) is 23.7 Å². The fourth-order valence-electron chi connectivity index (χ4n) is 3.51. The van der Waals surface area contributed by atoms with Gasteiger partial charge in [-0.15, -0.1) is 11.3 Å². The number of ether oxygens (including phenoxy) is 1. The minimum absolute atomic E-state index is 0.470. The number of benzene rings is 1. The van der Waals surface area contributed by atoms with E-state index in [4.69, 9.17) is 16.3 Å². The second kappa shape index (κ2) is 9.07. The largest absolute Gasteiger partial charge is 0.394 e. The summed E-state index contributed by atoms with van der Waals surface area (Å²) in [5.41, 5.74) is 2.24. The molecule has 1 aliphatic rings. The lowest BCUT2D eigenvalue weighted by Gasteiger charge is -2.40. The van der Waals surface area contributed by atoms with Gasteiger partial charge in [-0.2, -0.15) is 0 Å². The van der Waals surface area contributed by atoms with E-state index in [-0.39, 0.29) is 0 Å². The Kier molecular flexibility index (Phi) is 6.45. The molecule has 158 valence electrons. The fourth-order valence-corrected chi connectivity index (χ4v) is 4.69. The van der Waals surface area contributed by atoms with Crippen LogP contribution in [0.15, 0.2) is 48.9 Å². The summed E-state index contributed by atoms with van der Waals surface area (Å²) in [6, 6.07) is 9.23. The molecule has 0 radical (unpaired) electrons. The number of thiophene rings is 1. The standard InChI is InChI=1S/C21H21ClN2O5S/c22-14-3-1-11(21-20(28)19(27)18(26)16(10-25)29-21)7-12(14)8-13-2-4-17(30-13)15-9-23-5-6-24-15/h1-7,9,16,18-21,25-28H,8,10H2/t16-,18-,19+,20-,21+/m1/s1. The van der Waals surface area contributed by atoms with Crippen molar-refractivity contribution in [1.29, 1.82) is 0 Å². The molecule has 3 heterocycles. The number of hydrogen-bond donors (Lipinski definition) is 4. The molecule has 0 aliphatic carbocycles. The van der Waals surface area contributed by atoms with Crippen molar-refractivity contribution in [2.75, 3.05) is 6.61 Å². The van der Waals surface area contributed by atoms with Gasteiger partial charge in [0, 0.05) is 28.7 Å². The minimum atomic E-state index is -1.42. The molecule has 1 aromatic carbocycles. The molecule has 2 aromatic heterocycles. The molecule has 1 fully saturated rings. The van der Waals surface area contributed by atoms with Gasteiger partial charge in [-0.05, 0) is 29.3 Å². The van der Waals surface area contributed by atoms with E-state index in [0.717, 1.165) is 21.0 Å². The topological polar surface area (TPSA) is 116 Å². The van der Waals surface area contributed by atoms with Crippen molar-refractivity contribution in [2.45, 2.75) is 36.9 Å². The van der Waals surface area contributed by atoms with Gasteiger partial charge in [-0.3, -0.25) is 9.97 Å². The Morgan fingerprint density at radius 3 is 2.60 bits per heavy atom. The Balaban J connectivity index is 1.57. The van der Waals surface area contributed by atoms with Gasteiger partial charge < -0.3 is 25.2 Å². The quantitative estimate of drug-likeness (QED) is 0.471. The van der Waals surface area contributed by atoms with Gasteiger partial charge >= 0.3 is 0 Å². The van der Waals surface area contributed by atoms with Crippen LogP contribution < -0.4 is 0 Å². The van der Waals surface area contributed by atoms with Crippen LogP contribution in [-0.2, 0) is 11.2 Å². The summed E-state index contributed by atoms with van der Waals surface area (Å²) in [5, 5.41) is 40.4. The lowest BCUT2D eigenvalue weighted by Crippen LogP contribution is -2.55. The molecule has 0 saturated carbocycles. The van der Waals surface area contributed by atoms with Gasteiger partial charge in [0.05, 0.1) is 23.4 Å². The van der Waals surface area contributed by atoms with Crippen molar-refractivity contribution < 1.29 is 25.2 Å². The third-order valence-electron chi connectivity index (χ3n) is 5.13. The number of nitrogens with zero attached hydrogens (tertiary/aromatic N) is 2. The predicted octanol–water partition coefficient (Wildman–Crippen LogP) is 1.96. The van der Waals surface area contributed by atoms with Crippen LogP contribution in [0.3, 0.4) is 0 Å². The second-order valence-electron chi connectivity index (χ2n) is 7.13. The summed E-state index contributed by atoms with van der Waals surface area (Å²) in [5.74, 6) is 0. The molecular formula is C21H21ClN2O5S. The van der Waals surface area contributed by atoms with E-state index in [2.05, 4.69) is 9.97 Å². The van der Waals surface area contributed by atoms with Crippen LogP contribution in [0.25, 0.3) is 10.6 Å². The van der Waals surface area contributed by atoms with Gasteiger partial charge in [0.25, 0.3) is 0 Å². The molecule has 1 saturated heterocycles. The van der Waals surface area contributed by atoms with Crippen LogP contribution in [0.4, 0.5) is 0 Å². The normalized spacial score (nSPS) is 26.6. The van der Waals surface area contributed by atoms with Crippen molar-refractivity contribution in [2.24, 2.45) is 0 Å². The highest BCUT2D eigenvalue weighted by Crippen LogP contribution is 2.35. The molecule has 0 bridgehead atoms. The SMILES string of the molecule is OC[C@H]1O[C@@H](c2ccc(Cl)c(Cc3ccc(-c4cnccn4)s3)c2)[C@H](O)[C@@H](O)[C@@H]1O. The summed E-state index contributed by atoms with van der Waals surface area (Å²) in [6.45, 7) is -0.470. The Labute approximate surface area is 182 Å². The summed E-state index contributed by atoms with van der Waals surface area (Å²) in [7, 11) is 0.